The van der Waals surface area contributed by atoms with Gasteiger partial charge in [-0.15, -0.1) is 11.3 Å². The van der Waals surface area contributed by atoms with Gasteiger partial charge in [0.15, 0.2) is 5.69 Å². The van der Waals surface area contributed by atoms with Crippen LogP contribution in [0.5, 0.6) is 0 Å². The highest BCUT2D eigenvalue weighted by atomic mass is 32.1. The van der Waals surface area contributed by atoms with Gasteiger partial charge < -0.3 is 9.73 Å². The zero-order chi connectivity index (χ0) is 14.5. The molecule has 7 heteroatoms. The van der Waals surface area contributed by atoms with Crippen LogP contribution < -0.4 is 10.6 Å². The number of rotatable bonds is 5. The summed E-state index contributed by atoms with van der Waals surface area (Å²) in [4.78, 5) is 28.1. The molecule has 0 radical (unpaired) electrons. The largest absolute Gasteiger partial charge is 0.431 e. The Hall–Kier alpha value is -2.15. The number of carbonyl (C=O) groups is 2. The highest BCUT2D eigenvalue weighted by Gasteiger charge is 2.16. The molecule has 6 nitrogen and oxygen atoms in total. The monoisotopic (exact) mass is 293 g/mol. The summed E-state index contributed by atoms with van der Waals surface area (Å²) < 4.78 is 5.07. The quantitative estimate of drug-likeness (QED) is 0.887. The molecule has 20 heavy (non-hydrogen) atoms. The summed E-state index contributed by atoms with van der Waals surface area (Å²) in [7, 11) is 0. The topological polar surface area (TPSA) is 84.2 Å². The molecule has 106 valence electrons. The average Bonchev–Trinajstić information content (AvgIpc) is 3.09. The third-order valence-electron chi connectivity index (χ3n) is 2.69. The fourth-order valence-corrected chi connectivity index (χ4v) is 2.02. The van der Waals surface area contributed by atoms with Gasteiger partial charge in [0.2, 0.25) is 0 Å². The van der Waals surface area contributed by atoms with Crippen molar-refractivity contribution in [3.8, 4) is 0 Å². The smallest absolute Gasteiger partial charge is 0.302 e. The molecule has 2 heterocycles. The van der Waals surface area contributed by atoms with E-state index in [0.29, 0.717) is 4.88 Å². The molecule has 2 N–H and O–H groups in total. The van der Waals surface area contributed by atoms with Crippen molar-refractivity contribution >= 4 is 29.2 Å². The zero-order valence-corrected chi connectivity index (χ0v) is 12.0. The van der Waals surface area contributed by atoms with Crippen molar-refractivity contribution in [2.75, 3.05) is 5.32 Å². The summed E-state index contributed by atoms with van der Waals surface area (Å²) >= 11 is 1.31. The minimum atomic E-state index is -0.320. The van der Waals surface area contributed by atoms with Crippen molar-refractivity contribution in [2.45, 2.75) is 26.3 Å². The zero-order valence-electron chi connectivity index (χ0n) is 11.2. The molecule has 1 atom stereocenters. The van der Waals surface area contributed by atoms with Gasteiger partial charge in [0.1, 0.15) is 6.26 Å². The van der Waals surface area contributed by atoms with E-state index in [0.717, 1.165) is 6.42 Å². The van der Waals surface area contributed by atoms with Gasteiger partial charge in [-0.2, -0.15) is 4.98 Å². The van der Waals surface area contributed by atoms with Crippen LogP contribution in [-0.4, -0.2) is 22.8 Å². The second-order valence-electron chi connectivity index (χ2n) is 4.25. The standard InChI is InChI=1S/C13H15N3O3S/c1-3-8(2)14-11(17)9-7-19-13(15-9)16-12(18)10-5-4-6-20-10/h4-8H,3H2,1-2H3,(H,14,17)(H,15,16,18). The highest BCUT2D eigenvalue weighted by Crippen LogP contribution is 2.13. The van der Waals surface area contributed by atoms with Crippen molar-refractivity contribution in [1.29, 1.82) is 0 Å². The molecule has 2 aromatic heterocycles. The van der Waals surface area contributed by atoms with Crippen LogP contribution in [0.3, 0.4) is 0 Å². The lowest BCUT2D eigenvalue weighted by Crippen LogP contribution is -2.32. The van der Waals surface area contributed by atoms with E-state index in [1.165, 1.54) is 17.6 Å². The molecular formula is C13H15N3O3S. The Morgan fingerprint density at radius 2 is 2.25 bits per heavy atom. The third kappa shape index (κ3) is 3.45. The van der Waals surface area contributed by atoms with Gasteiger partial charge in [0, 0.05) is 6.04 Å². The lowest BCUT2D eigenvalue weighted by atomic mass is 10.2. The molecule has 2 rings (SSSR count). The minimum Gasteiger partial charge on any atom is -0.431 e. The maximum atomic E-state index is 11.8. The van der Waals surface area contributed by atoms with Crippen molar-refractivity contribution in [3.05, 3.63) is 34.3 Å². The summed E-state index contributed by atoms with van der Waals surface area (Å²) in [5.41, 5.74) is 0.145. The molecule has 0 saturated carbocycles. The first-order valence-corrected chi connectivity index (χ1v) is 7.09. The molecule has 0 aliphatic heterocycles. The lowest BCUT2D eigenvalue weighted by molar-refractivity contribution is 0.0933. The van der Waals surface area contributed by atoms with E-state index in [-0.39, 0.29) is 29.6 Å². The fraction of sp³-hybridized carbons (Fsp3) is 0.308. The van der Waals surface area contributed by atoms with Crippen molar-refractivity contribution in [2.24, 2.45) is 0 Å². The number of hydrogen-bond acceptors (Lipinski definition) is 5. The van der Waals surface area contributed by atoms with Crippen LogP contribution in [0.4, 0.5) is 6.01 Å². The van der Waals surface area contributed by atoms with Crippen LogP contribution in [0.25, 0.3) is 0 Å². The Balaban J connectivity index is 1.99. The molecule has 0 aliphatic rings. The number of hydrogen-bond donors (Lipinski definition) is 2. The van der Waals surface area contributed by atoms with Gasteiger partial charge in [0.05, 0.1) is 4.88 Å². The van der Waals surface area contributed by atoms with E-state index < -0.39 is 0 Å². The number of nitrogens with one attached hydrogen (secondary N) is 2. The molecule has 0 saturated heterocycles. The summed E-state index contributed by atoms with van der Waals surface area (Å²) in [6, 6.07) is 3.54. The minimum absolute atomic E-state index is 0.0118. The van der Waals surface area contributed by atoms with Crippen LogP contribution in [0.15, 0.2) is 28.2 Å². The van der Waals surface area contributed by atoms with Crippen LogP contribution in [0, 0.1) is 0 Å². The second kappa shape index (κ2) is 6.33. The van der Waals surface area contributed by atoms with Crippen molar-refractivity contribution < 1.29 is 14.0 Å². The summed E-state index contributed by atoms with van der Waals surface area (Å²) in [5.74, 6) is -0.629. The summed E-state index contributed by atoms with van der Waals surface area (Å²) in [6.45, 7) is 3.87. The van der Waals surface area contributed by atoms with E-state index in [2.05, 4.69) is 15.6 Å². The Bertz CT molecular complexity index is 592. The highest BCUT2D eigenvalue weighted by molar-refractivity contribution is 7.12. The number of nitrogens with zero attached hydrogens (tertiary/aromatic N) is 1. The van der Waals surface area contributed by atoms with Gasteiger partial charge in [-0.1, -0.05) is 13.0 Å². The van der Waals surface area contributed by atoms with E-state index >= 15 is 0 Å². The third-order valence-corrected chi connectivity index (χ3v) is 3.56. The van der Waals surface area contributed by atoms with E-state index in [1.807, 2.05) is 13.8 Å². The maximum absolute atomic E-state index is 11.8. The molecule has 0 aromatic carbocycles. The van der Waals surface area contributed by atoms with Gasteiger partial charge in [0.25, 0.3) is 11.8 Å². The number of anilines is 1. The van der Waals surface area contributed by atoms with Crippen LogP contribution in [0.1, 0.15) is 40.4 Å². The predicted molar refractivity (Wildman–Crippen MR) is 76.0 cm³/mol. The van der Waals surface area contributed by atoms with Crippen molar-refractivity contribution in [1.82, 2.24) is 10.3 Å². The molecule has 2 amide bonds. The lowest BCUT2D eigenvalue weighted by Gasteiger charge is -2.08. The number of amides is 2. The first-order valence-electron chi connectivity index (χ1n) is 6.21. The molecule has 0 bridgehead atoms. The molecule has 0 fully saturated rings. The number of aromatic nitrogens is 1. The molecular weight excluding hydrogens is 278 g/mol. The normalized spacial score (nSPS) is 11.9. The number of thiophene rings is 1. The van der Waals surface area contributed by atoms with E-state index in [1.54, 1.807) is 17.5 Å². The SMILES string of the molecule is CCC(C)NC(=O)c1coc(NC(=O)c2cccs2)n1. The Morgan fingerprint density at radius 1 is 1.45 bits per heavy atom. The van der Waals surface area contributed by atoms with Crippen LogP contribution in [-0.2, 0) is 0 Å². The first-order chi connectivity index (χ1) is 9.60. The van der Waals surface area contributed by atoms with Gasteiger partial charge in [-0.3, -0.25) is 14.9 Å². The first kappa shape index (κ1) is 14.3. The maximum Gasteiger partial charge on any atom is 0.302 e. The van der Waals surface area contributed by atoms with Crippen LogP contribution >= 0.6 is 11.3 Å². The molecule has 2 aromatic rings. The van der Waals surface area contributed by atoms with Gasteiger partial charge in [-0.25, -0.2) is 0 Å². The van der Waals surface area contributed by atoms with Gasteiger partial charge in [-0.05, 0) is 24.8 Å². The van der Waals surface area contributed by atoms with Crippen LogP contribution in [0.2, 0.25) is 0 Å². The molecule has 0 spiro atoms. The molecule has 0 aliphatic carbocycles. The Morgan fingerprint density at radius 3 is 2.90 bits per heavy atom. The summed E-state index contributed by atoms with van der Waals surface area (Å²) in [5, 5.41) is 7.07. The predicted octanol–water partition coefficient (Wildman–Crippen LogP) is 2.52. The fourth-order valence-electron chi connectivity index (χ4n) is 1.40. The van der Waals surface area contributed by atoms with Gasteiger partial charge >= 0.3 is 6.01 Å². The number of oxazole rings is 1. The summed E-state index contributed by atoms with van der Waals surface area (Å²) in [6.07, 6.45) is 2.05. The number of carbonyl (C=O) groups excluding carboxylic acids is 2. The second-order valence-corrected chi connectivity index (χ2v) is 5.20. The van der Waals surface area contributed by atoms with E-state index in [4.69, 9.17) is 4.42 Å². The van der Waals surface area contributed by atoms with Crippen molar-refractivity contribution in [3.63, 3.8) is 0 Å². The molecule has 1 unspecified atom stereocenters. The van der Waals surface area contributed by atoms with E-state index in [9.17, 15) is 9.59 Å². The average molecular weight is 293 g/mol. The Labute approximate surface area is 120 Å². The Kier molecular flexibility index (Phi) is 4.52.